The second-order valence-corrected chi connectivity index (χ2v) is 9.91. The van der Waals surface area contributed by atoms with E-state index in [2.05, 4.69) is 20.7 Å². The molecule has 0 aliphatic carbocycles. The van der Waals surface area contributed by atoms with Gasteiger partial charge in [0.05, 0.1) is 16.3 Å². The van der Waals surface area contributed by atoms with Crippen LogP contribution >= 0.6 is 11.6 Å². The first-order chi connectivity index (χ1) is 19.3. The van der Waals surface area contributed by atoms with Crippen molar-refractivity contribution in [1.29, 1.82) is 0 Å². The minimum atomic E-state index is -4.92. The van der Waals surface area contributed by atoms with Crippen molar-refractivity contribution in [2.75, 3.05) is 10.6 Å². The molecule has 0 saturated carbocycles. The summed E-state index contributed by atoms with van der Waals surface area (Å²) in [6.45, 7) is 3.80. The minimum absolute atomic E-state index is 0.117. The molecule has 3 N–H and O–H groups in total. The van der Waals surface area contributed by atoms with Gasteiger partial charge in [0.2, 0.25) is 5.91 Å². The molecule has 0 aliphatic rings. The number of fused-ring (bicyclic) bond motifs is 1. The lowest BCUT2D eigenvalue weighted by molar-refractivity contribution is -0.274. The average molecular weight is 587 g/mol. The Bertz CT molecular complexity index is 1630. The van der Waals surface area contributed by atoms with Crippen molar-refractivity contribution in [3.05, 3.63) is 88.6 Å². The van der Waals surface area contributed by atoms with Crippen LogP contribution in [0.2, 0.25) is 5.02 Å². The number of rotatable bonds is 8. The predicted octanol–water partition coefficient (Wildman–Crippen LogP) is 6.51. The molecule has 0 unspecified atom stereocenters. The molecule has 0 aliphatic heterocycles. The summed E-state index contributed by atoms with van der Waals surface area (Å²) < 4.78 is 43.9. The molecule has 214 valence electrons. The molecule has 0 radical (unpaired) electrons. The predicted molar refractivity (Wildman–Crippen MR) is 150 cm³/mol. The van der Waals surface area contributed by atoms with Gasteiger partial charge in [0, 0.05) is 36.1 Å². The Morgan fingerprint density at radius 3 is 2.39 bits per heavy atom. The number of aromatic nitrogens is 1. The number of amides is 3. The molecule has 0 spiro atoms. The molecule has 0 saturated heterocycles. The van der Waals surface area contributed by atoms with Gasteiger partial charge >= 0.3 is 6.36 Å². The molecule has 0 fully saturated rings. The van der Waals surface area contributed by atoms with E-state index in [1.54, 1.807) is 67.9 Å². The zero-order chi connectivity index (χ0) is 29.9. The van der Waals surface area contributed by atoms with Crippen molar-refractivity contribution >= 4 is 51.6 Å². The van der Waals surface area contributed by atoms with E-state index in [0.717, 1.165) is 6.07 Å². The monoisotopic (exact) mass is 586 g/mol. The van der Waals surface area contributed by atoms with Crippen LogP contribution in [0.5, 0.6) is 5.75 Å². The number of anilines is 2. The van der Waals surface area contributed by atoms with Gasteiger partial charge in [0.25, 0.3) is 11.8 Å². The van der Waals surface area contributed by atoms with Crippen LogP contribution in [-0.4, -0.2) is 28.7 Å². The van der Waals surface area contributed by atoms with Gasteiger partial charge in [0.15, 0.2) is 5.75 Å². The van der Waals surface area contributed by atoms with Crippen molar-refractivity contribution in [2.45, 2.75) is 26.8 Å². The van der Waals surface area contributed by atoms with Crippen molar-refractivity contribution in [3.63, 3.8) is 0 Å². The number of carbonyl (C=O) groups excluding carboxylic acids is 3. The molecule has 12 heteroatoms. The second-order valence-electron chi connectivity index (χ2n) is 9.50. The van der Waals surface area contributed by atoms with Crippen LogP contribution in [0.1, 0.15) is 40.3 Å². The maximum atomic E-state index is 13.0. The fraction of sp³-hybridized carbons (Fsp3) is 0.207. The molecule has 1 heterocycles. The molecule has 1 aromatic heterocycles. The summed E-state index contributed by atoms with van der Waals surface area (Å²) in [7, 11) is 1.64. The summed E-state index contributed by atoms with van der Waals surface area (Å²) >= 11 is 6.27. The number of halogens is 4. The largest absolute Gasteiger partial charge is 0.573 e. The standard InChI is InChI=1S/C29H26ClF3N4O4/c1-16(2)26(38)34-15-17-8-10-21(30)20(12-17)27(39)35-19-9-11-23-18(13-19)14-24(37(23)3)28(40)36-22-6-4-5-7-25(22)41-29(31,32)33/h4-14,16H,15H2,1-3H3,(H,34,38)(H,35,39)(H,36,40). The summed E-state index contributed by atoms with van der Waals surface area (Å²) in [5.41, 5.74) is 2.02. The second kappa shape index (κ2) is 11.9. The first-order valence-electron chi connectivity index (χ1n) is 12.5. The molecule has 3 aromatic carbocycles. The number of para-hydroxylation sites is 2. The van der Waals surface area contributed by atoms with Crippen LogP contribution in [0.4, 0.5) is 24.5 Å². The van der Waals surface area contributed by atoms with E-state index < -0.39 is 23.9 Å². The molecule has 41 heavy (non-hydrogen) atoms. The van der Waals surface area contributed by atoms with Gasteiger partial charge in [0.1, 0.15) is 5.69 Å². The Balaban J connectivity index is 1.52. The lowest BCUT2D eigenvalue weighted by atomic mass is 10.1. The van der Waals surface area contributed by atoms with Gasteiger partial charge in [-0.15, -0.1) is 13.2 Å². The summed E-state index contributed by atoms with van der Waals surface area (Å²) in [5, 5.41) is 8.87. The molecule has 0 atom stereocenters. The van der Waals surface area contributed by atoms with Crippen molar-refractivity contribution < 1.29 is 32.3 Å². The Kier molecular flexibility index (Phi) is 8.57. The van der Waals surface area contributed by atoms with E-state index in [9.17, 15) is 27.6 Å². The van der Waals surface area contributed by atoms with E-state index in [0.29, 0.717) is 22.2 Å². The first kappa shape index (κ1) is 29.5. The maximum absolute atomic E-state index is 13.0. The summed E-state index contributed by atoms with van der Waals surface area (Å²) in [6.07, 6.45) is -4.92. The Morgan fingerprint density at radius 2 is 1.68 bits per heavy atom. The van der Waals surface area contributed by atoms with Gasteiger partial charge in [-0.25, -0.2) is 0 Å². The van der Waals surface area contributed by atoms with Gasteiger partial charge in [-0.2, -0.15) is 0 Å². The molecular weight excluding hydrogens is 561 g/mol. The Labute approximate surface area is 238 Å². The highest BCUT2D eigenvalue weighted by Gasteiger charge is 2.32. The lowest BCUT2D eigenvalue weighted by Crippen LogP contribution is -2.27. The fourth-order valence-corrected chi connectivity index (χ4v) is 4.27. The number of aryl methyl sites for hydroxylation is 1. The van der Waals surface area contributed by atoms with E-state index in [1.165, 1.54) is 18.2 Å². The fourth-order valence-electron chi connectivity index (χ4n) is 4.06. The number of nitrogens with one attached hydrogen (secondary N) is 3. The zero-order valence-corrected chi connectivity index (χ0v) is 23.0. The average Bonchev–Trinajstić information content (AvgIpc) is 3.23. The summed E-state index contributed by atoms with van der Waals surface area (Å²) in [4.78, 5) is 37.9. The number of benzene rings is 3. The number of hydrogen-bond acceptors (Lipinski definition) is 4. The smallest absolute Gasteiger partial charge is 0.404 e. The quantitative estimate of drug-likeness (QED) is 0.219. The minimum Gasteiger partial charge on any atom is -0.404 e. The molecule has 3 amide bonds. The van der Waals surface area contributed by atoms with Crippen LogP contribution in [-0.2, 0) is 18.4 Å². The number of carbonyl (C=O) groups is 3. The Morgan fingerprint density at radius 1 is 0.951 bits per heavy atom. The highest BCUT2D eigenvalue weighted by molar-refractivity contribution is 6.34. The molecule has 4 aromatic rings. The highest BCUT2D eigenvalue weighted by Crippen LogP contribution is 2.31. The third-order valence-electron chi connectivity index (χ3n) is 6.16. The third-order valence-corrected chi connectivity index (χ3v) is 6.49. The van der Waals surface area contributed by atoms with Gasteiger partial charge in [-0.1, -0.05) is 43.6 Å². The van der Waals surface area contributed by atoms with E-state index in [1.807, 2.05) is 0 Å². The first-order valence-corrected chi connectivity index (χ1v) is 12.8. The van der Waals surface area contributed by atoms with E-state index >= 15 is 0 Å². The molecular formula is C29H26ClF3N4O4. The van der Waals surface area contributed by atoms with Crippen LogP contribution in [0.3, 0.4) is 0 Å². The van der Waals surface area contributed by atoms with Crippen LogP contribution < -0.4 is 20.7 Å². The van der Waals surface area contributed by atoms with Gasteiger partial charge in [-0.05, 0) is 54.1 Å². The van der Waals surface area contributed by atoms with Crippen molar-refractivity contribution in [2.24, 2.45) is 13.0 Å². The van der Waals surface area contributed by atoms with Gasteiger partial charge < -0.3 is 25.3 Å². The third kappa shape index (κ3) is 7.17. The molecule has 4 rings (SSSR count). The number of ether oxygens (including phenoxy) is 1. The SMILES string of the molecule is CC(C)C(=O)NCc1ccc(Cl)c(C(=O)Nc2ccc3c(c2)cc(C(=O)Nc2ccccc2OC(F)(F)F)n3C)c1. The summed E-state index contributed by atoms with van der Waals surface area (Å²) in [6, 6.07) is 16.7. The lowest BCUT2D eigenvalue weighted by Gasteiger charge is -2.14. The zero-order valence-electron chi connectivity index (χ0n) is 22.2. The number of alkyl halides is 3. The topological polar surface area (TPSA) is 101 Å². The van der Waals surface area contributed by atoms with E-state index in [4.69, 9.17) is 11.6 Å². The van der Waals surface area contributed by atoms with Crippen molar-refractivity contribution in [3.8, 4) is 5.75 Å². The van der Waals surface area contributed by atoms with Crippen LogP contribution in [0.15, 0.2) is 66.7 Å². The molecule has 0 bridgehead atoms. The van der Waals surface area contributed by atoms with E-state index in [-0.39, 0.29) is 40.3 Å². The highest BCUT2D eigenvalue weighted by atomic mass is 35.5. The van der Waals surface area contributed by atoms with Crippen molar-refractivity contribution in [1.82, 2.24) is 9.88 Å². The van der Waals surface area contributed by atoms with Crippen LogP contribution in [0.25, 0.3) is 10.9 Å². The van der Waals surface area contributed by atoms with Crippen LogP contribution in [0, 0.1) is 5.92 Å². The van der Waals surface area contributed by atoms with Gasteiger partial charge in [-0.3, -0.25) is 14.4 Å². The Hall–Kier alpha value is -4.51. The maximum Gasteiger partial charge on any atom is 0.573 e. The number of nitrogens with zero attached hydrogens (tertiary/aromatic N) is 1. The normalized spacial score (nSPS) is 11.4. The number of hydrogen-bond donors (Lipinski definition) is 3. The summed E-state index contributed by atoms with van der Waals surface area (Å²) in [5.74, 6) is -1.96. The molecule has 8 nitrogen and oxygen atoms in total.